The van der Waals surface area contributed by atoms with Crippen LogP contribution in [-0.2, 0) is 5.88 Å². The number of halogens is 1. The predicted molar refractivity (Wildman–Crippen MR) is 86.6 cm³/mol. The third-order valence-electron chi connectivity index (χ3n) is 3.30. The second-order valence-electron chi connectivity index (χ2n) is 5.26. The summed E-state index contributed by atoms with van der Waals surface area (Å²) in [5.41, 5.74) is 2.16. The van der Waals surface area contributed by atoms with Gasteiger partial charge in [0.1, 0.15) is 17.6 Å². The normalized spacial score (nSPS) is 12.0. The van der Waals surface area contributed by atoms with E-state index >= 15 is 0 Å². The second-order valence-corrected chi connectivity index (χ2v) is 5.53. The number of rotatable bonds is 6. The number of aryl methyl sites for hydroxylation is 2. The summed E-state index contributed by atoms with van der Waals surface area (Å²) in [6, 6.07) is 9.31. The van der Waals surface area contributed by atoms with Crippen molar-refractivity contribution in [2.45, 2.75) is 32.8 Å². The first-order chi connectivity index (χ1) is 10.5. The lowest BCUT2D eigenvalue weighted by Crippen LogP contribution is -2.33. The van der Waals surface area contributed by atoms with Gasteiger partial charge in [0.05, 0.1) is 12.4 Å². The molecule has 0 radical (unpaired) electrons. The third-order valence-corrected chi connectivity index (χ3v) is 3.56. The lowest BCUT2D eigenvalue weighted by molar-refractivity contribution is 0.0903. The van der Waals surface area contributed by atoms with Crippen molar-refractivity contribution >= 4 is 17.5 Å². The van der Waals surface area contributed by atoms with Gasteiger partial charge in [-0.15, -0.1) is 11.6 Å². The molecule has 1 aromatic heterocycles. The maximum absolute atomic E-state index is 12.0. The molecule has 1 amide bonds. The summed E-state index contributed by atoms with van der Waals surface area (Å²) in [7, 11) is 0. The van der Waals surface area contributed by atoms with Crippen molar-refractivity contribution in [3.8, 4) is 5.75 Å². The van der Waals surface area contributed by atoms with Crippen LogP contribution in [0.4, 0.5) is 0 Å². The highest BCUT2D eigenvalue weighted by Crippen LogP contribution is 2.23. The number of alkyl halides is 1. The van der Waals surface area contributed by atoms with E-state index in [0.29, 0.717) is 12.3 Å². The Kier molecular flexibility index (Phi) is 5.50. The number of para-hydroxylation sites is 1. The Bertz CT molecular complexity index is 631. The number of furan rings is 1. The molecule has 1 heterocycles. The molecular weight excluding hydrogens is 302 g/mol. The molecule has 2 aromatic rings. The summed E-state index contributed by atoms with van der Waals surface area (Å²) in [6.07, 6.45) is -0.147. The predicted octanol–water partition coefficient (Wildman–Crippen LogP) is 3.83. The van der Waals surface area contributed by atoms with Crippen LogP contribution in [0, 0.1) is 13.8 Å². The standard InChI is InChI=1S/C17H20ClNO3/c1-11-5-4-6-12(2)16(11)21-13(3)10-19-17(20)15-8-7-14(9-18)22-15/h4-8,13H,9-10H2,1-3H3,(H,19,20). The van der Waals surface area contributed by atoms with Crippen molar-refractivity contribution in [3.05, 3.63) is 53.0 Å². The van der Waals surface area contributed by atoms with Crippen LogP contribution in [0.3, 0.4) is 0 Å². The van der Waals surface area contributed by atoms with Crippen LogP contribution in [0.15, 0.2) is 34.7 Å². The van der Waals surface area contributed by atoms with Crippen LogP contribution in [0.1, 0.15) is 34.4 Å². The van der Waals surface area contributed by atoms with Crippen molar-refractivity contribution in [2.75, 3.05) is 6.54 Å². The van der Waals surface area contributed by atoms with Crippen LogP contribution in [-0.4, -0.2) is 18.6 Å². The minimum absolute atomic E-state index is 0.147. The Balaban J connectivity index is 1.90. The maximum atomic E-state index is 12.0. The number of carbonyl (C=O) groups excluding carboxylic acids is 1. The van der Waals surface area contributed by atoms with Gasteiger partial charge < -0.3 is 14.5 Å². The Labute approximate surface area is 135 Å². The number of carbonyl (C=O) groups is 1. The van der Waals surface area contributed by atoms with Gasteiger partial charge in [-0.05, 0) is 44.0 Å². The van der Waals surface area contributed by atoms with E-state index in [1.165, 1.54) is 0 Å². The molecule has 0 saturated carbocycles. The van der Waals surface area contributed by atoms with E-state index < -0.39 is 0 Å². The van der Waals surface area contributed by atoms with E-state index in [1.807, 2.05) is 39.0 Å². The van der Waals surface area contributed by atoms with Gasteiger partial charge in [0.25, 0.3) is 5.91 Å². The first-order valence-electron chi connectivity index (χ1n) is 7.17. The van der Waals surface area contributed by atoms with Gasteiger partial charge in [0.2, 0.25) is 0 Å². The van der Waals surface area contributed by atoms with Crippen molar-refractivity contribution in [1.82, 2.24) is 5.32 Å². The van der Waals surface area contributed by atoms with Crippen molar-refractivity contribution in [2.24, 2.45) is 0 Å². The van der Waals surface area contributed by atoms with E-state index in [2.05, 4.69) is 5.32 Å². The van der Waals surface area contributed by atoms with Crippen LogP contribution in [0.25, 0.3) is 0 Å². The van der Waals surface area contributed by atoms with E-state index in [9.17, 15) is 4.79 Å². The van der Waals surface area contributed by atoms with Gasteiger partial charge in [-0.2, -0.15) is 0 Å². The summed E-state index contributed by atoms with van der Waals surface area (Å²) in [5, 5.41) is 2.79. The molecule has 0 spiro atoms. The number of ether oxygens (including phenoxy) is 1. The monoisotopic (exact) mass is 321 g/mol. The smallest absolute Gasteiger partial charge is 0.287 e. The summed E-state index contributed by atoms with van der Waals surface area (Å²) in [6.45, 7) is 6.32. The molecule has 0 aliphatic rings. The molecule has 0 fully saturated rings. The van der Waals surface area contributed by atoms with Crippen molar-refractivity contribution < 1.29 is 13.9 Å². The van der Waals surface area contributed by atoms with Crippen molar-refractivity contribution in [1.29, 1.82) is 0 Å². The Morgan fingerprint density at radius 3 is 2.55 bits per heavy atom. The Morgan fingerprint density at radius 2 is 1.95 bits per heavy atom. The van der Waals surface area contributed by atoms with Gasteiger partial charge in [-0.3, -0.25) is 4.79 Å². The molecule has 0 bridgehead atoms. The second kappa shape index (κ2) is 7.36. The molecule has 4 nitrogen and oxygen atoms in total. The van der Waals surface area contributed by atoms with Gasteiger partial charge >= 0.3 is 0 Å². The lowest BCUT2D eigenvalue weighted by Gasteiger charge is -2.18. The first kappa shape index (κ1) is 16.4. The Morgan fingerprint density at radius 1 is 1.27 bits per heavy atom. The minimum Gasteiger partial charge on any atom is -0.488 e. The highest BCUT2D eigenvalue weighted by Gasteiger charge is 2.14. The fraction of sp³-hybridized carbons (Fsp3) is 0.353. The average Bonchev–Trinajstić information content (AvgIpc) is 2.98. The summed E-state index contributed by atoms with van der Waals surface area (Å²) >= 11 is 5.65. The SMILES string of the molecule is Cc1cccc(C)c1OC(C)CNC(=O)c1ccc(CCl)o1. The molecule has 1 atom stereocenters. The van der Waals surface area contributed by atoms with E-state index in [-0.39, 0.29) is 23.7 Å². The molecule has 5 heteroatoms. The van der Waals surface area contributed by atoms with Gasteiger partial charge in [0, 0.05) is 0 Å². The largest absolute Gasteiger partial charge is 0.488 e. The van der Waals surface area contributed by atoms with Gasteiger partial charge in [-0.25, -0.2) is 0 Å². The zero-order valence-corrected chi connectivity index (χ0v) is 13.7. The molecule has 1 unspecified atom stereocenters. The molecule has 1 aromatic carbocycles. The fourth-order valence-corrected chi connectivity index (χ4v) is 2.27. The van der Waals surface area contributed by atoms with Gasteiger partial charge in [0.15, 0.2) is 5.76 Å². The van der Waals surface area contributed by atoms with Crippen LogP contribution in [0.2, 0.25) is 0 Å². The topological polar surface area (TPSA) is 51.5 Å². The summed E-state index contributed by atoms with van der Waals surface area (Å²) in [5.74, 6) is 1.68. The van der Waals surface area contributed by atoms with Crippen LogP contribution < -0.4 is 10.1 Å². The Hall–Kier alpha value is -1.94. The zero-order chi connectivity index (χ0) is 16.1. The van der Waals surface area contributed by atoms with Crippen molar-refractivity contribution in [3.63, 3.8) is 0 Å². The van der Waals surface area contributed by atoms with Gasteiger partial charge in [-0.1, -0.05) is 18.2 Å². The fourth-order valence-electron chi connectivity index (χ4n) is 2.12. The van der Waals surface area contributed by atoms with E-state index in [1.54, 1.807) is 12.1 Å². The van der Waals surface area contributed by atoms with E-state index in [0.717, 1.165) is 16.9 Å². The number of hydrogen-bond acceptors (Lipinski definition) is 3. The molecular formula is C17H20ClNO3. The molecule has 0 aliphatic carbocycles. The molecule has 118 valence electrons. The van der Waals surface area contributed by atoms with Crippen LogP contribution >= 0.6 is 11.6 Å². The summed E-state index contributed by atoms with van der Waals surface area (Å²) < 4.78 is 11.2. The zero-order valence-electron chi connectivity index (χ0n) is 13.0. The molecule has 22 heavy (non-hydrogen) atoms. The average molecular weight is 322 g/mol. The number of benzene rings is 1. The molecule has 2 rings (SSSR count). The van der Waals surface area contributed by atoms with E-state index in [4.69, 9.17) is 20.8 Å². The number of nitrogens with one attached hydrogen (secondary N) is 1. The lowest BCUT2D eigenvalue weighted by atomic mass is 10.1. The number of hydrogen-bond donors (Lipinski definition) is 1. The van der Waals surface area contributed by atoms with Crippen LogP contribution in [0.5, 0.6) is 5.75 Å². The quantitative estimate of drug-likeness (QED) is 0.823. The molecule has 0 saturated heterocycles. The first-order valence-corrected chi connectivity index (χ1v) is 7.70. The highest BCUT2D eigenvalue weighted by atomic mass is 35.5. The highest BCUT2D eigenvalue weighted by molar-refractivity contribution is 6.16. The third kappa shape index (κ3) is 4.04. The minimum atomic E-state index is -0.270. The summed E-state index contributed by atoms with van der Waals surface area (Å²) in [4.78, 5) is 12.0. The molecule has 1 N–H and O–H groups in total. The number of amides is 1. The molecule has 0 aliphatic heterocycles. The maximum Gasteiger partial charge on any atom is 0.287 e.